The third-order valence-electron chi connectivity index (χ3n) is 5.50. The predicted octanol–water partition coefficient (Wildman–Crippen LogP) is 2.25. The van der Waals surface area contributed by atoms with E-state index < -0.39 is 40.3 Å². The molecule has 1 aromatic rings. The van der Waals surface area contributed by atoms with Crippen LogP contribution in [0.3, 0.4) is 0 Å². The van der Waals surface area contributed by atoms with Gasteiger partial charge in [0.15, 0.2) is 0 Å². The zero-order chi connectivity index (χ0) is 19.3. The van der Waals surface area contributed by atoms with Gasteiger partial charge in [-0.2, -0.15) is 4.31 Å². The number of rotatable bonds is 3. The van der Waals surface area contributed by atoms with Crippen molar-refractivity contribution < 1.29 is 26.5 Å². The summed E-state index contributed by atoms with van der Waals surface area (Å²) in [4.78, 5) is -0.146. The molecule has 0 atom stereocenters. The molecule has 9 heteroatoms. The zero-order valence-corrected chi connectivity index (χ0v) is 16.3. The third-order valence-corrected chi connectivity index (χ3v) is 7.39. The quantitative estimate of drug-likeness (QED) is 0.747. The molecule has 5 nitrogen and oxygen atoms in total. The van der Waals surface area contributed by atoms with Crippen LogP contribution in [-0.2, 0) is 19.3 Å². The van der Waals surface area contributed by atoms with Crippen molar-refractivity contribution in [2.75, 3.05) is 13.1 Å². The van der Waals surface area contributed by atoms with Crippen LogP contribution in [-0.4, -0.2) is 50.3 Å². The van der Waals surface area contributed by atoms with E-state index in [1.165, 1.54) is 16.4 Å². The molecular formula is C17H24BF2NO4S. The van der Waals surface area contributed by atoms with Crippen LogP contribution in [0.5, 0.6) is 0 Å². The summed E-state index contributed by atoms with van der Waals surface area (Å²) in [6, 6.07) is 3.71. The summed E-state index contributed by atoms with van der Waals surface area (Å²) in [5.74, 6) is -0.704. The second-order valence-electron chi connectivity index (χ2n) is 7.85. The van der Waals surface area contributed by atoms with Crippen molar-refractivity contribution in [1.82, 2.24) is 4.31 Å². The van der Waals surface area contributed by atoms with Crippen LogP contribution in [0.2, 0.25) is 0 Å². The highest BCUT2D eigenvalue weighted by atomic mass is 32.2. The minimum absolute atomic E-state index is 0.101. The van der Waals surface area contributed by atoms with Crippen molar-refractivity contribution in [2.45, 2.75) is 62.8 Å². The normalized spacial score (nSPS) is 24.2. The first-order valence-electron chi connectivity index (χ1n) is 8.73. The van der Waals surface area contributed by atoms with Gasteiger partial charge in [0.1, 0.15) is 12.0 Å². The lowest BCUT2D eigenvalue weighted by atomic mass is 9.79. The van der Waals surface area contributed by atoms with E-state index in [2.05, 4.69) is 0 Å². The summed E-state index contributed by atoms with van der Waals surface area (Å²) in [6.45, 7) is 7.64. The monoisotopic (exact) mass is 387 g/mol. The molecule has 0 amide bonds. The van der Waals surface area contributed by atoms with Gasteiger partial charge in [-0.05, 0) is 52.7 Å². The summed E-state index contributed by atoms with van der Waals surface area (Å²) in [6.07, 6.45) is -0.662. The maximum absolute atomic E-state index is 14.7. The standard InChI is InChI=1S/C17H24BF2NO4S/c1-16(2)17(3,4)25-18(24-16)14-6-5-13(11-15(14)20)26(22,23)21-9-7-12(19)8-10-21/h5-6,11-12H,7-10H2,1-4H3. The Kier molecular flexibility index (Phi) is 4.97. The molecule has 2 aliphatic rings. The number of benzene rings is 1. The highest BCUT2D eigenvalue weighted by molar-refractivity contribution is 7.89. The van der Waals surface area contributed by atoms with Crippen molar-refractivity contribution in [3.05, 3.63) is 24.0 Å². The first kappa shape index (κ1) is 19.7. The van der Waals surface area contributed by atoms with Crippen LogP contribution < -0.4 is 5.46 Å². The molecular weight excluding hydrogens is 363 g/mol. The van der Waals surface area contributed by atoms with E-state index in [0.717, 1.165) is 6.07 Å². The molecule has 0 spiro atoms. The Morgan fingerprint density at radius 2 is 1.65 bits per heavy atom. The summed E-state index contributed by atoms with van der Waals surface area (Å²) in [5, 5.41) is 0. The summed E-state index contributed by atoms with van der Waals surface area (Å²) in [5.41, 5.74) is -1.08. The van der Waals surface area contributed by atoms with Gasteiger partial charge in [0, 0.05) is 18.6 Å². The molecule has 2 aliphatic heterocycles. The van der Waals surface area contributed by atoms with Gasteiger partial charge < -0.3 is 9.31 Å². The van der Waals surface area contributed by atoms with E-state index in [0.29, 0.717) is 0 Å². The van der Waals surface area contributed by atoms with Crippen LogP contribution >= 0.6 is 0 Å². The Morgan fingerprint density at radius 3 is 2.15 bits per heavy atom. The molecule has 0 radical (unpaired) electrons. The Balaban J connectivity index is 1.84. The smallest absolute Gasteiger partial charge is 0.399 e. The summed E-state index contributed by atoms with van der Waals surface area (Å²) in [7, 11) is -4.75. The molecule has 0 saturated carbocycles. The van der Waals surface area contributed by atoms with Gasteiger partial charge in [-0.3, -0.25) is 0 Å². The lowest BCUT2D eigenvalue weighted by Gasteiger charge is -2.32. The predicted molar refractivity (Wildman–Crippen MR) is 95.0 cm³/mol. The fourth-order valence-electron chi connectivity index (χ4n) is 3.04. The minimum atomic E-state index is -3.85. The number of piperidine rings is 1. The second-order valence-corrected chi connectivity index (χ2v) is 9.79. The van der Waals surface area contributed by atoms with E-state index in [-0.39, 0.29) is 36.3 Å². The Labute approximate surface area is 153 Å². The molecule has 1 aromatic carbocycles. The maximum Gasteiger partial charge on any atom is 0.497 e. The van der Waals surface area contributed by atoms with E-state index in [1.54, 1.807) is 0 Å². The molecule has 3 rings (SSSR count). The highest BCUT2D eigenvalue weighted by Gasteiger charge is 2.52. The zero-order valence-electron chi connectivity index (χ0n) is 15.5. The van der Waals surface area contributed by atoms with Crippen LogP contribution in [0, 0.1) is 5.82 Å². The summed E-state index contributed by atoms with van der Waals surface area (Å²) >= 11 is 0. The fourth-order valence-corrected chi connectivity index (χ4v) is 4.53. The third kappa shape index (κ3) is 3.42. The van der Waals surface area contributed by atoms with E-state index in [4.69, 9.17) is 9.31 Å². The van der Waals surface area contributed by atoms with Crippen LogP contribution in [0.15, 0.2) is 23.1 Å². The number of alkyl halides is 1. The first-order chi connectivity index (χ1) is 11.9. The van der Waals surface area contributed by atoms with Crippen molar-refractivity contribution in [2.24, 2.45) is 0 Å². The van der Waals surface area contributed by atoms with Crippen molar-refractivity contribution >= 4 is 22.6 Å². The minimum Gasteiger partial charge on any atom is -0.399 e. The van der Waals surface area contributed by atoms with Gasteiger partial charge in [0.05, 0.1) is 16.1 Å². The van der Waals surface area contributed by atoms with Gasteiger partial charge in [-0.1, -0.05) is 6.07 Å². The molecule has 0 N–H and O–H groups in total. The molecule has 2 heterocycles. The SMILES string of the molecule is CC1(C)OB(c2ccc(S(=O)(=O)N3CCC(F)CC3)cc2F)OC1(C)C. The Morgan fingerprint density at radius 1 is 1.12 bits per heavy atom. The molecule has 2 saturated heterocycles. The maximum atomic E-state index is 14.7. The molecule has 2 fully saturated rings. The number of sulfonamides is 1. The van der Waals surface area contributed by atoms with Crippen molar-refractivity contribution in [3.63, 3.8) is 0 Å². The number of hydrogen-bond donors (Lipinski definition) is 0. The molecule has 144 valence electrons. The molecule has 0 aliphatic carbocycles. The lowest BCUT2D eigenvalue weighted by Crippen LogP contribution is -2.41. The van der Waals surface area contributed by atoms with E-state index in [9.17, 15) is 17.2 Å². The molecule has 26 heavy (non-hydrogen) atoms. The second kappa shape index (κ2) is 6.54. The highest BCUT2D eigenvalue weighted by Crippen LogP contribution is 2.36. The lowest BCUT2D eigenvalue weighted by molar-refractivity contribution is 0.00578. The van der Waals surface area contributed by atoms with Gasteiger partial charge in [0.2, 0.25) is 10.0 Å². The number of halogens is 2. The Bertz CT molecular complexity index is 776. The fraction of sp³-hybridized carbons (Fsp3) is 0.647. The number of hydrogen-bond acceptors (Lipinski definition) is 4. The van der Waals surface area contributed by atoms with Crippen LogP contribution in [0.4, 0.5) is 8.78 Å². The van der Waals surface area contributed by atoms with Gasteiger partial charge in [-0.15, -0.1) is 0 Å². The molecule has 0 unspecified atom stereocenters. The average Bonchev–Trinajstić information content (AvgIpc) is 2.75. The van der Waals surface area contributed by atoms with E-state index >= 15 is 0 Å². The van der Waals surface area contributed by atoms with Gasteiger partial charge in [-0.25, -0.2) is 17.2 Å². The Hall–Kier alpha value is -1.03. The molecule has 0 bridgehead atoms. The van der Waals surface area contributed by atoms with Crippen molar-refractivity contribution in [3.8, 4) is 0 Å². The van der Waals surface area contributed by atoms with Crippen molar-refractivity contribution in [1.29, 1.82) is 0 Å². The first-order valence-corrected chi connectivity index (χ1v) is 10.2. The van der Waals surface area contributed by atoms with Gasteiger partial charge >= 0.3 is 7.12 Å². The number of nitrogens with zero attached hydrogens (tertiary/aromatic N) is 1. The average molecular weight is 387 g/mol. The van der Waals surface area contributed by atoms with Gasteiger partial charge in [0.25, 0.3) is 0 Å². The summed E-state index contributed by atoms with van der Waals surface area (Å²) < 4.78 is 66.1. The van der Waals surface area contributed by atoms with Crippen LogP contribution in [0.1, 0.15) is 40.5 Å². The van der Waals surface area contributed by atoms with E-state index in [1.807, 2.05) is 27.7 Å². The molecule has 0 aromatic heterocycles. The largest absolute Gasteiger partial charge is 0.497 e. The topological polar surface area (TPSA) is 55.8 Å². The van der Waals surface area contributed by atoms with Crippen LogP contribution in [0.25, 0.3) is 0 Å².